The molecule has 3 nitrogen and oxygen atoms in total. The molecular formula is C12H15F2NO2S. The predicted octanol–water partition coefficient (Wildman–Crippen LogP) is 1.97. The highest BCUT2D eigenvalue weighted by Gasteiger charge is 2.35. The molecule has 1 atom stereocenters. The normalized spacial score (nSPS) is 24.4. The standard InChI is InChI=1S/C12H15F2NO2S/c1-12(4-3-5-15-12)9-6-8(13)7-10(11(9)14)18(2,16)17/h6-7,15H,3-5H2,1-2H3. The third-order valence-corrected chi connectivity index (χ3v) is 4.46. The highest BCUT2D eigenvalue weighted by Crippen LogP contribution is 2.34. The molecule has 1 aromatic rings. The highest BCUT2D eigenvalue weighted by atomic mass is 32.2. The van der Waals surface area contributed by atoms with Gasteiger partial charge in [0.1, 0.15) is 16.5 Å². The maximum Gasteiger partial charge on any atom is 0.178 e. The van der Waals surface area contributed by atoms with Crippen molar-refractivity contribution in [2.24, 2.45) is 0 Å². The Bertz CT molecular complexity index is 578. The van der Waals surface area contributed by atoms with Crippen LogP contribution < -0.4 is 5.32 Å². The van der Waals surface area contributed by atoms with Crippen molar-refractivity contribution in [3.05, 3.63) is 29.3 Å². The van der Waals surface area contributed by atoms with Gasteiger partial charge < -0.3 is 5.32 Å². The summed E-state index contributed by atoms with van der Waals surface area (Å²) in [4.78, 5) is -0.576. The van der Waals surface area contributed by atoms with Crippen LogP contribution in [0.25, 0.3) is 0 Å². The van der Waals surface area contributed by atoms with E-state index in [0.29, 0.717) is 13.0 Å². The van der Waals surface area contributed by atoms with E-state index in [1.807, 2.05) is 0 Å². The Morgan fingerprint density at radius 1 is 1.33 bits per heavy atom. The van der Waals surface area contributed by atoms with Crippen LogP contribution in [0, 0.1) is 11.6 Å². The van der Waals surface area contributed by atoms with Crippen LogP contribution in [0.15, 0.2) is 17.0 Å². The molecule has 0 amide bonds. The van der Waals surface area contributed by atoms with Crippen LogP contribution in [0.1, 0.15) is 25.3 Å². The van der Waals surface area contributed by atoms with Crippen molar-refractivity contribution >= 4 is 9.84 Å². The smallest absolute Gasteiger partial charge is 0.178 e. The minimum atomic E-state index is -3.78. The molecule has 1 N–H and O–H groups in total. The summed E-state index contributed by atoms with van der Waals surface area (Å²) >= 11 is 0. The van der Waals surface area contributed by atoms with Crippen LogP contribution in [0.5, 0.6) is 0 Å². The first-order valence-corrected chi connectivity index (χ1v) is 7.58. The van der Waals surface area contributed by atoms with Crippen LogP contribution in [-0.2, 0) is 15.4 Å². The zero-order valence-corrected chi connectivity index (χ0v) is 11.1. The van der Waals surface area contributed by atoms with Crippen molar-refractivity contribution in [1.82, 2.24) is 5.32 Å². The molecule has 1 aliphatic heterocycles. The lowest BCUT2D eigenvalue weighted by Crippen LogP contribution is -2.34. The average Bonchev–Trinajstić information content (AvgIpc) is 2.67. The van der Waals surface area contributed by atoms with Gasteiger partial charge in [0.15, 0.2) is 9.84 Å². The summed E-state index contributed by atoms with van der Waals surface area (Å²) in [7, 11) is -3.78. The molecule has 6 heteroatoms. The van der Waals surface area contributed by atoms with Crippen LogP contribution in [0.4, 0.5) is 8.78 Å². The van der Waals surface area contributed by atoms with Gasteiger partial charge in [0.05, 0.1) is 0 Å². The lowest BCUT2D eigenvalue weighted by molar-refractivity contribution is 0.400. The van der Waals surface area contributed by atoms with E-state index in [1.54, 1.807) is 6.92 Å². The minimum absolute atomic E-state index is 0.0837. The second-order valence-electron chi connectivity index (χ2n) is 4.90. The summed E-state index contributed by atoms with van der Waals surface area (Å²) in [5, 5.41) is 3.09. The van der Waals surface area contributed by atoms with Crippen LogP contribution in [0.3, 0.4) is 0 Å². The molecule has 1 heterocycles. The molecule has 1 aliphatic rings. The van der Waals surface area contributed by atoms with Gasteiger partial charge in [0.25, 0.3) is 0 Å². The van der Waals surface area contributed by atoms with Crippen molar-refractivity contribution in [2.75, 3.05) is 12.8 Å². The first-order chi connectivity index (χ1) is 8.24. The Hall–Kier alpha value is -1.01. The van der Waals surface area contributed by atoms with Gasteiger partial charge in [-0.1, -0.05) is 0 Å². The molecule has 0 saturated carbocycles. The SMILES string of the molecule is CC1(c2cc(F)cc(S(C)(=O)=O)c2F)CCCN1. The van der Waals surface area contributed by atoms with Gasteiger partial charge in [-0.3, -0.25) is 0 Å². The summed E-state index contributed by atoms with van der Waals surface area (Å²) in [6.45, 7) is 2.46. The number of rotatable bonds is 2. The summed E-state index contributed by atoms with van der Waals surface area (Å²) < 4.78 is 50.7. The topological polar surface area (TPSA) is 46.2 Å². The Morgan fingerprint density at radius 3 is 2.50 bits per heavy atom. The molecule has 0 aromatic heterocycles. The molecule has 1 saturated heterocycles. The van der Waals surface area contributed by atoms with E-state index in [1.165, 1.54) is 0 Å². The van der Waals surface area contributed by atoms with Gasteiger partial charge >= 0.3 is 0 Å². The molecule has 18 heavy (non-hydrogen) atoms. The predicted molar refractivity (Wildman–Crippen MR) is 64.1 cm³/mol. The first kappa shape index (κ1) is 13.4. The van der Waals surface area contributed by atoms with Crippen molar-refractivity contribution in [1.29, 1.82) is 0 Å². The summed E-state index contributed by atoms with van der Waals surface area (Å²) in [5.74, 6) is -1.59. The summed E-state index contributed by atoms with van der Waals surface area (Å²) in [6.07, 6.45) is 2.37. The first-order valence-electron chi connectivity index (χ1n) is 5.69. The zero-order chi connectivity index (χ0) is 13.6. The van der Waals surface area contributed by atoms with Crippen molar-refractivity contribution < 1.29 is 17.2 Å². The van der Waals surface area contributed by atoms with Crippen molar-refractivity contribution in [3.63, 3.8) is 0 Å². The molecular weight excluding hydrogens is 260 g/mol. The molecule has 1 unspecified atom stereocenters. The van der Waals surface area contributed by atoms with Gasteiger partial charge in [-0.2, -0.15) is 0 Å². The van der Waals surface area contributed by atoms with E-state index in [2.05, 4.69) is 5.32 Å². The van der Waals surface area contributed by atoms with E-state index in [4.69, 9.17) is 0 Å². The number of halogens is 2. The maximum absolute atomic E-state index is 14.3. The third kappa shape index (κ3) is 2.27. The number of benzene rings is 1. The lowest BCUT2D eigenvalue weighted by Gasteiger charge is -2.26. The molecule has 0 spiro atoms. The maximum atomic E-state index is 14.3. The monoisotopic (exact) mass is 275 g/mol. The molecule has 1 fully saturated rings. The zero-order valence-electron chi connectivity index (χ0n) is 10.3. The Balaban J connectivity index is 2.66. The average molecular weight is 275 g/mol. The van der Waals surface area contributed by atoms with Crippen LogP contribution in [0.2, 0.25) is 0 Å². The van der Waals surface area contributed by atoms with E-state index in [9.17, 15) is 17.2 Å². The van der Waals surface area contributed by atoms with Crippen LogP contribution in [-0.4, -0.2) is 21.2 Å². The van der Waals surface area contributed by atoms with Gasteiger partial charge in [0.2, 0.25) is 0 Å². The van der Waals surface area contributed by atoms with Crippen molar-refractivity contribution in [3.8, 4) is 0 Å². The Labute approximate surface area is 105 Å². The highest BCUT2D eigenvalue weighted by molar-refractivity contribution is 7.90. The summed E-state index contributed by atoms with van der Waals surface area (Å²) in [6, 6.07) is 1.80. The largest absolute Gasteiger partial charge is 0.308 e. The lowest BCUT2D eigenvalue weighted by atomic mass is 9.90. The van der Waals surface area contributed by atoms with E-state index in [-0.39, 0.29) is 5.56 Å². The summed E-state index contributed by atoms with van der Waals surface area (Å²) in [5.41, 5.74) is -0.619. The molecule has 0 aliphatic carbocycles. The third-order valence-electron chi connectivity index (χ3n) is 3.37. The van der Waals surface area contributed by atoms with E-state index < -0.39 is 31.9 Å². The number of hydrogen-bond acceptors (Lipinski definition) is 3. The minimum Gasteiger partial charge on any atom is -0.308 e. The van der Waals surface area contributed by atoms with E-state index in [0.717, 1.165) is 24.8 Å². The fraction of sp³-hybridized carbons (Fsp3) is 0.500. The van der Waals surface area contributed by atoms with Crippen LogP contribution >= 0.6 is 0 Å². The molecule has 2 rings (SSSR count). The molecule has 1 aromatic carbocycles. The van der Waals surface area contributed by atoms with Gasteiger partial charge in [-0.05, 0) is 38.4 Å². The molecule has 0 bridgehead atoms. The number of sulfone groups is 1. The van der Waals surface area contributed by atoms with Gasteiger partial charge in [-0.25, -0.2) is 17.2 Å². The second-order valence-corrected chi connectivity index (χ2v) is 6.88. The Morgan fingerprint density at radius 2 is 2.00 bits per heavy atom. The van der Waals surface area contributed by atoms with E-state index >= 15 is 0 Å². The van der Waals surface area contributed by atoms with Gasteiger partial charge in [-0.15, -0.1) is 0 Å². The second kappa shape index (κ2) is 4.28. The fourth-order valence-corrected chi connectivity index (χ4v) is 3.12. The fourth-order valence-electron chi connectivity index (χ4n) is 2.36. The molecule has 0 radical (unpaired) electrons. The van der Waals surface area contributed by atoms with Gasteiger partial charge in [0, 0.05) is 17.4 Å². The van der Waals surface area contributed by atoms with Crippen molar-refractivity contribution in [2.45, 2.75) is 30.2 Å². The Kier molecular flexibility index (Phi) is 3.19. The number of nitrogens with one attached hydrogen (secondary N) is 1. The quantitative estimate of drug-likeness (QED) is 0.897. The number of hydrogen-bond donors (Lipinski definition) is 1. The molecule has 100 valence electrons.